The van der Waals surface area contributed by atoms with Crippen LogP contribution in [0.1, 0.15) is 22.8 Å². The molecule has 0 saturated heterocycles. The van der Waals surface area contributed by atoms with Gasteiger partial charge in [-0.2, -0.15) is 5.26 Å². The Balaban J connectivity index is 2.43. The lowest BCUT2D eigenvalue weighted by atomic mass is 10.1. The molecular weight excluding hydrogens is 254 g/mol. The van der Waals surface area contributed by atoms with Crippen LogP contribution in [0.2, 0.25) is 0 Å². The van der Waals surface area contributed by atoms with E-state index in [1.54, 1.807) is 37.6 Å². The highest BCUT2D eigenvalue weighted by Gasteiger charge is 2.19. The molecule has 20 heavy (non-hydrogen) atoms. The van der Waals surface area contributed by atoms with Crippen molar-refractivity contribution in [2.45, 2.75) is 6.92 Å². The van der Waals surface area contributed by atoms with Crippen LogP contribution in [0.4, 0.5) is 0 Å². The second kappa shape index (κ2) is 4.67. The first kappa shape index (κ1) is 12.2. The summed E-state index contributed by atoms with van der Waals surface area (Å²) in [4.78, 5) is 16.3. The number of nitrogens with zero attached hydrogens (tertiary/aromatic N) is 3. The van der Waals surface area contributed by atoms with Crippen molar-refractivity contribution in [3.8, 4) is 6.07 Å². The molecule has 0 N–H and O–H groups in total. The number of fused-ring (bicyclic) bond motifs is 3. The summed E-state index contributed by atoms with van der Waals surface area (Å²) >= 11 is 0. The molecule has 0 saturated carbocycles. The van der Waals surface area contributed by atoms with Gasteiger partial charge >= 0.3 is 5.97 Å². The summed E-state index contributed by atoms with van der Waals surface area (Å²) < 4.78 is 6.98. The van der Waals surface area contributed by atoms with E-state index in [1.165, 1.54) is 0 Å². The predicted octanol–water partition coefficient (Wildman–Crippen LogP) is 2.54. The average molecular weight is 265 g/mol. The minimum Gasteiger partial charge on any atom is -0.462 e. The normalized spacial score (nSPS) is 10.6. The van der Waals surface area contributed by atoms with Gasteiger partial charge in [-0.15, -0.1) is 0 Å². The average Bonchev–Trinajstić information content (AvgIpc) is 2.81. The Morgan fingerprint density at radius 1 is 1.45 bits per heavy atom. The van der Waals surface area contributed by atoms with Gasteiger partial charge < -0.3 is 9.14 Å². The molecule has 0 atom stereocenters. The monoisotopic (exact) mass is 265 g/mol. The number of rotatable bonds is 2. The lowest BCUT2D eigenvalue weighted by Gasteiger charge is -2.01. The van der Waals surface area contributed by atoms with Crippen molar-refractivity contribution >= 4 is 22.4 Å². The molecule has 0 bridgehead atoms. The molecule has 3 heterocycles. The Morgan fingerprint density at radius 3 is 3.05 bits per heavy atom. The summed E-state index contributed by atoms with van der Waals surface area (Å²) in [7, 11) is 0. The van der Waals surface area contributed by atoms with E-state index in [2.05, 4.69) is 11.1 Å². The minimum atomic E-state index is -0.400. The first-order valence-corrected chi connectivity index (χ1v) is 6.21. The molecule has 3 rings (SSSR count). The Kier molecular flexibility index (Phi) is 2.84. The molecule has 3 aromatic rings. The van der Waals surface area contributed by atoms with Gasteiger partial charge in [-0.25, -0.2) is 4.79 Å². The molecule has 98 valence electrons. The van der Waals surface area contributed by atoms with Crippen LogP contribution in [0.25, 0.3) is 16.4 Å². The standard InChI is InChI=1S/C15H11N3O2/c1-2-20-15(19)14-11-9-17-5-3-12(11)18-6-4-10(8-16)7-13(14)18/h3-7,9H,2H2,1H3. The highest BCUT2D eigenvalue weighted by atomic mass is 16.5. The number of esters is 1. The number of pyridine rings is 2. The van der Waals surface area contributed by atoms with Crippen LogP contribution in [0.5, 0.6) is 0 Å². The van der Waals surface area contributed by atoms with Crippen LogP contribution < -0.4 is 0 Å². The van der Waals surface area contributed by atoms with E-state index in [0.29, 0.717) is 23.3 Å². The molecule has 0 amide bonds. The molecule has 5 heteroatoms. The second-order valence-electron chi connectivity index (χ2n) is 4.27. The van der Waals surface area contributed by atoms with Crippen molar-refractivity contribution in [3.05, 3.63) is 47.9 Å². The van der Waals surface area contributed by atoms with Gasteiger partial charge in [-0.3, -0.25) is 4.98 Å². The lowest BCUT2D eigenvalue weighted by molar-refractivity contribution is 0.0531. The fraction of sp³-hybridized carbons (Fsp3) is 0.133. The Morgan fingerprint density at radius 2 is 2.30 bits per heavy atom. The molecule has 0 unspecified atom stereocenters. The highest BCUT2D eigenvalue weighted by molar-refractivity contribution is 6.11. The van der Waals surface area contributed by atoms with E-state index in [9.17, 15) is 4.79 Å². The first-order valence-electron chi connectivity index (χ1n) is 6.21. The highest BCUT2D eigenvalue weighted by Crippen LogP contribution is 2.27. The van der Waals surface area contributed by atoms with Crippen LogP contribution in [0.15, 0.2) is 36.8 Å². The second-order valence-corrected chi connectivity index (χ2v) is 4.27. The maximum atomic E-state index is 12.2. The van der Waals surface area contributed by atoms with E-state index in [-0.39, 0.29) is 0 Å². The van der Waals surface area contributed by atoms with Crippen molar-refractivity contribution in [1.29, 1.82) is 5.26 Å². The van der Waals surface area contributed by atoms with Gasteiger partial charge in [0, 0.05) is 24.0 Å². The SMILES string of the molecule is CCOC(=O)c1c2cnccc2n2ccc(C#N)cc12. The van der Waals surface area contributed by atoms with Gasteiger partial charge in [0.15, 0.2) is 0 Å². The van der Waals surface area contributed by atoms with Gasteiger partial charge in [0.2, 0.25) is 0 Å². The van der Waals surface area contributed by atoms with Crippen LogP contribution in [0.3, 0.4) is 0 Å². The van der Waals surface area contributed by atoms with E-state index in [1.807, 2.05) is 10.5 Å². The summed E-state index contributed by atoms with van der Waals surface area (Å²) in [5, 5.41) is 9.74. The minimum absolute atomic E-state index is 0.301. The Hall–Kier alpha value is -2.87. The smallest absolute Gasteiger partial charge is 0.341 e. The first-order chi connectivity index (χ1) is 9.76. The molecule has 0 aliphatic rings. The fourth-order valence-electron chi connectivity index (χ4n) is 2.32. The zero-order valence-electron chi connectivity index (χ0n) is 10.8. The van der Waals surface area contributed by atoms with E-state index < -0.39 is 5.97 Å². The molecule has 0 spiro atoms. The zero-order valence-corrected chi connectivity index (χ0v) is 10.8. The third-order valence-electron chi connectivity index (χ3n) is 3.15. The number of hydrogen-bond acceptors (Lipinski definition) is 4. The fourth-order valence-corrected chi connectivity index (χ4v) is 2.32. The van der Waals surface area contributed by atoms with Gasteiger partial charge in [0.25, 0.3) is 0 Å². The topological polar surface area (TPSA) is 67.4 Å². The summed E-state index contributed by atoms with van der Waals surface area (Å²) in [6, 6.07) is 7.31. The number of carbonyl (C=O) groups excluding carboxylic acids is 1. The molecule has 0 radical (unpaired) electrons. The largest absolute Gasteiger partial charge is 0.462 e. The van der Waals surface area contributed by atoms with Gasteiger partial charge in [-0.05, 0) is 25.1 Å². The number of hydrogen-bond donors (Lipinski definition) is 0. The van der Waals surface area contributed by atoms with Gasteiger partial charge in [0.1, 0.15) is 0 Å². The van der Waals surface area contributed by atoms with Crippen LogP contribution in [-0.4, -0.2) is 22.0 Å². The summed E-state index contributed by atoms with van der Waals surface area (Å²) in [6.07, 6.45) is 5.08. The number of carbonyl (C=O) groups is 1. The zero-order chi connectivity index (χ0) is 14.1. The molecule has 0 aliphatic carbocycles. The molecule has 0 aromatic carbocycles. The van der Waals surface area contributed by atoms with Crippen LogP contribution in [-0.2, 0) is 4.74 Å². The maximum absolute atomic E-state index is 12.2. The molecule has 3 aromatic heterocycles. The van der Waals surface area contributed by atoms with Crippen LogP contribution in [0, 0.1) is 11.3 Å². The van der Waals surface area contributed by atoms with Gasteiger partial charge in [-0.1, -0.05) is 0 Å². The molecular formula is C15H11N3O2. The number of ether oxygens (including phenoxy) is 1. The molecule has 0 fully saturated rings. The van der Waals surface area contributed by atoms with Crippen LogP contribution >= 0.6 is 0 Å². The Bertz CT molecular complexity index is 859. The van der Waals surface area contributed by atoms with Crippen molar-refractivity contribution in [3.63, 3.8) is 0 Å². The van der Waals surface area contributed by atoms with Crippen molar-refractivity contribution < 1.29 is 9.53 Å². The third kappa shape index (κ3) is 1.70. The number of aromatic nitrogens is 2. The van der Waals surface area contributed by atoms with Crippen molar-refractivity contribution in [2.75, 3.05) is 6.61 Å². The summed E-state index contributed by atoms with van der Waals surface area (Å²) in [5.41, 5.74) is 2.47. The van der Waals surface area contributed by atoms with Crippen molar-refractivity contribution in [1.82, 2.24) is 9.38 Å². The van der Waals surface area contributed by atoms with E-state index in [4.69, 9.17) is 10.00 Å². The molecule has 0 aliphatic heterocycles. The molecule has 5 nitrogen and oxygen atoms in total. The Labute approximate surface area is 115 Å². The lowest BCUT2D eigenvalue weighted by Crippen LogP contribution is -2.04. The summed E-state index contributed by atoms with van der Waals surface area (Å²) in [6.45, 7) is 2.06. The quantitative estimate of drug-likeness (QED) is 0.668. The summed E-state index contributed by atoms with van der Waals surface area (Å²) in [5.74, 6) is -0.400. The predicted molar refractivity (Wildman–Crippen MR) is 73.4 cm³/mol. The van der Waals surface area contributed by atoms with E-state index >= 15 is 0 Å². The number of nitriles is 1. The van der Waals surface area contributed by atoms with E-state index in [0.717, 1.165) is 10.9 Å². The van der Waals surface area contributed by atoms with Gasteiger partial charge in [0.05, 0.1) is 34.8 Å². The third-order valence-corrected chi connectivity index (χ3v) is 3.15. The van der Waals surface area contributed by atoms with Crippen molar-refractivity contribution in [2.24, 2.45) is 0 Å². The maximum Gasteiger partial charge on any atom is 0.341 e.